The Morgan fingerprint density at radius 1 is 1.29 bits per heavy atom. The first-order valence-electron chi connectivity index (χ1n) is 6.49. The molecule has 1 rings (SSSR count). The molecule has 0 atom stereocenters. The van der Waals surface area contributed by atoms with Gasteiger partial charge in [0.15, 0.2) is 0 Å². The molecular weight excluding hydrogens is 340 g/mol. The number of halogens is 3. The number of amides is 1. The summed E-state index contributed by atoms with van der Waals surface area (Å²) in [6.07, 6.45) is 3.94. The SMILES string of the molecule is CCCCCCNC(=O)c1cc(S(=O)(=O)Cl)c(F)cc1Cl. The number of rotatable bonds is 7. The molecule has 1 aromatic carbocycles. The Bertz CT molecular complexity index is 620. The Balaban J connectivity index is 2.85. The van der Waals surface area contributed by atoms with Gasteiger partial charge in [0.2, 0.25) is 0 Å². The van der Waals surface area contributed by atoms with E-state index in [0.717, 1.165) is 37.8 Å². The number of hydrogen-bond acceptors (Lipinski definition) is 3. The van der Waals surface area contributed by atoms with Crippen LogP contribution in [0.4, 0.5) is 4.39 Å². The first-order valence-corrected chi connectivity index (χ1v) is 9.18. The van der Waals surface area contributed by atoms with Crippen LogP contribution in [0.3, 0.4) is 0 Å². The number of carbonyl (C=O) groups excluding carboxylic acids is 1. The van der Waals surface area contributed by atoms with E-state index in [9.17, 15) is 17.6 Å². The zero-order chi connectivity index (χ0) is 16.0. The lowest BCUT2D eigenvalue weighted by Gasteiger charge is -2.08. The molecule has 0 aliphatic rings. The summed E-state index contributed by atoms with van der Waals surface area (Å²) in [5.41, 5.74) is -0.118. The van der Waals surface area contributed by atoms with Gasteiger partial charge < -0.3 is 5.32 Å². The van der Waals surface area contributed by atoms with Gasteiger partial charge in [-0.3, -0.25) is 4.79 Å². The van der Waals surface area contributed by atoms with Crippen LogP contribution >= 0.6 is 22.3 Å². The Hall–Kier alpha value is -0.850. The van der Waals surface area contributed by atoms with Gasteiger partial charge in [0.25, 0.3) is 15.0 Å². The number of carbonyl (C=O) groups is 1. The van der Waals surface area contributed by atoms with Crippen molar-refractivity contribution in [3.63, 3.8) is 0 Å². The van der Waals surface area contributed by atoms with E-state index >= 15 is 0 Å². The fraction of sp³-hybridized carbons (Fsp3) is 0.462. The van der Waals surface area contributed by atoms with Crippen LogP contribution in [0.25, 0.3) is 0 Å². The van der Waals surface area contributed by atoms with E-state index in [1.165, 1.54) is 0 Å². The average Bonchev–Trinajstić information content (AvgIpc) is 2.36. The second-order valence-corrected chi connectivity index (χ2v) is 7.46. The van der Waals surface area contributed by atoms with E-state index in [1.54, 1.807) is 0 Å². The van der Waals surface area contributed by atoms with Gasteiger partial charge in [-0.05, 0) is 18.6 Å². The highest BCUT2D eigenvalue weighted by Crippen LogP contribution is 2.26. The molecule has 0 fully saturated rings. The van der Waals surface area contributed by atoms with Crippen LogP contribution in [0.1, 0.15) is 43.0 Å². The fourth-order valence-electron chi connectivity index (χ4n) is 1.74. The molecule has 1 aromatic rings. The molecule has 118 valence electrons. The predicted octanol–water partition coefficient (Wildman–Crippen LogP) is 3.72. The van der Waals surface area contributed by atoms with Crippen molar-refractivity contribution in [2.75, 3.05) is 6.54 Å². The quantitative estimate of drug-likeness (QED) is 0.598. The summed E-state index contributed by atoms with van der Waals surface area (Å²) in [4.78, 5) is 11.2. The molecule has 21 heavy (non-hydrogen) atoms. The Morgan fingerprint density at radius 3 is 2.52 bits per heavy atom. The lowest BCUT2D eigenvalue weighted by atomic mass is 10.2. The lowest BCUT2D eigenvalue weighted by molar-refractivity contribution is 0.0953. The summed E-state index contributed by atoms with van der Waals surface area (Å²) < 4.78 is 35.9. The number of benzene rings is 1. The molecule has 0 aliphatic carbocycles. The molecule has 0 spiro atoms. The van der Waals surface area contributed by atoms with Gasteiger partial charge in [0.05, 0.1) is 10.6 Å². The smallest absolute Gasteiger partial charge is 0.264 e. The molecule has 1 N–H and O–H groups in total. The van der Waals surface area contributed by atoms with Crippen molar-refractivity contribution < 1.29 is 17.6 Å². The molecule has 0 heterocycles. The maximum atomic E-state index is 13.5. The summed E-state index contributed by atoms with van der Waals surface area (Å²) in [6, 6.07) is 1.62. The van der Waals surface area contributed by atoms with Crippen LogP contribution < -0.4 is 5.32 Å². The molecule has 0 saturated carbocycles. The monoisotopic (exact) mass is 355 g/mol. The van der Waals surface area contributed by atoms with Crippen LogP contribution in [0.15, 0.2) is 17.0 Å². The van der Waals surface area contributed by atoms with Gasteiger partial charge in [-0.2, -0.15) is 0 Å². The van der Waals surface area contributed by atoms with E-state index in [2.05, 4.69) is 12.2 Å². The maximum absolute atomic E-state index is 13.5. The van der Waals surface area contributed by atoms with Crippen molar-refractivity contribution in [2.45, 2.75) is 37.5 Å². The summed E-state index contributed by atoms with van der Waals surface area (Å²) in [5.74, 6) is -1.65. The highest BCUT2D eigenvalue weighted by Gasteiger charge is 2.21. The number of unbranched alkanes of at least 4 members (excludes halogenated alkanes) is 3. The molecule has 0 saturated heterocycles. The van der Waals surface area contributed by atoms with E-state index < -0.39 is 25.7 Å². The van der Waals surface area contributed by atoms with Crippen LogP contribution in [0, 0.1) is 5.82 Å². The van der Waals surface area contributed by atoms with Crippen LogP contribution in [-0.4, -0.2) is 20.9 Å². The van der Waals surface area contributed by atoms with Gasteiger partial charge in [0.1, 0.15) is 10.7 Å². The second kappa shape index (κ2) is 7.96. The van der Waals surface area contributed by atoms with Gasteiger partial charge in [-0.25, -0.2) is 12.8 Å². The molecule has 0 aliphatic heterocycles. The minimum atomic E-state index is -4.28. The third kappa shape index (κ3) is 5.45. The zero-order valence-electron chi connectivity index (χ0n) is 11.5. The van der Waals surface area contributed by atoms with E-state index in [-0.39, 0.29) is 10.6 Å². The normalized spacial score (nSPS) is 11.4. The molecule has 1 amide bonds. The highest BCUT2D eigenvalue weighted by atomic mass is 35.7. The second-order valence-electron chi connectivity index (χ2n) is 4.52. The molecular formula is C13H16Cl2FNO3S. The van der Waals surface area contributed by atoms with E-state index in [0.29, 0.717) is 6.54 Å². The average molecular weight is 356 g/mol. The Labute approximate surface area is 133 Å². The Kier molecular flexibility index (Phi) is 6.90. The highest BCUT2D eigenvalue weighted by molar-refractivity contribution is 8.13. The predicted molar refractivity (Wildman–Crippen MR) is 80.9 cm³/mol. The summed E-state index contributed by atoms with van der Waals surface area (Å²) in [7, 11) is 0.832. The van der Waals surface area contributed by atoms with Crippen molar-refractivity contribution in [1.29, 1.82) is 0 Å². The molecule has 0 bridgehead atoms. The summed E-state index contributed by atoms with van der Waals surface area (Å²) in [6.45, 7) is 2.51. The van der Waals surface area contributed by atoms with Crippen molar-refractivity contribution in [3.8, 4) is 0 Å². The van der Waals surface area contributed by atoms with Gasteiger partial charge in [-0.15, -0.1) is 0 Å². The van der Waals surface area contributed by atoms with Crippen molar-refractivity contribution in [1.82, 2.24) is 5.32 Å². The third-order valence-electron chi connectivity index (χ3n) is 2.84. The number of nitrogens with one attached hydrogen (secondary N) is 1. The van der Waals surface area contributed by atoms with Gasteiger partial charge >= 0.3 is 0 Å². The molecule has 8 heteroatoms. The fourth-order valence-corrected chi connectivity index (χ4v) is 2.88. The summed E-state index contributed by atoms with van der Waals surface area (Å²) in [5, 5.41) is 2.45. The molecule has 0 unspecified atom stereocenters. The van der Waals surface area contributed by atoms with Crippen molar-refractivity contribution >= 4 is 37.2 Å². The standard InChI is InChI=1S/C13H16Cl2FNO3S/c1-2-3-4-5-6-17-13(18)9-7-12(21(15,19)20)11(16)8-10(9)14/h7-8H,2-6H2,1H3,(H,17,18). The first-order chi connectivity index (χ1) is 9.77. The van der Waals surface area contributed by atoms with Gasteiger partial charge in [-0.1, -0.05) is 37.8 Å². The van der Waals surface area contributed by atoms with Crippen molar-refractivity contribution in [3.05, 3.63) is 28.5 Å². The van der Waals surface area contributed by atoms with Gasteiger partial charge in [0, 0.05) is 17.2 Å². The number of hydrogen-bond donors (Lipinski definition) is 1. The van der Waals surface area contributed by atoms with E-state index in [4.69, 9.17) is 22.3 Å². The Morgan fingerprint density at radius 2 is 1.95 bits per heavy atom. The maximum Gasteiger partial charge on any atom is 0.264 e. The minimum Gasteiger partial charge on any atom is -0.352 e. The summed E-state index contributed by atoms with van der Waals surface area (Å²) >= 11 is 5.77. The lowest BCUT2D eigenvalue weighted by Crippen LogP contribution is -2.25. The van der Waals surface area contributed by atoms with Crippen LogP contribution in [-0.2, 0) is 9.05 Å². The largest absolute Gasteiger partial charge is 0.352 e. The molecule has 0 aromatic heterocycles. The van der Waals surface area contributed by atoms with Crippen LogP contribution in [0.5, 0.6) is 0 Å². The van der Waals surface area contributed by atoms with E-state index in [1.807, 2.05) is 0 Å². The zero-order valence-corrected chi connectivity index (χ0v) is 13.8. The van der Waals surface area contributed by atoms with Crippen molar-refractivity contribution in [2.24, 2.45) is 0 Å². The molecule has 0 radical (unpaired) electrons. The topological polar surface area (TPSA) is 63.2 Å². The minimum absolute atomic E-state index is 0.118. The van der Waals surface area contributed by atoms with Crippen LogP contribution in [0.2, 0.25) is 5.02 Å². The first kappa shape index (κ1) is 18.2. The third-order valence-corrected chi connectivity index (χ3v) is 4.49. The molecule has 4 nitrogen and oxygen atoms in total.